The van der Waals surface area contributed by atoms with Crippen LogP contribution in [0.2, 0.25) is 0 Å². The minimum Gasteiger partial charge on any atom is -0.497 e. The molecule has 1 N–H and O–H groups in total. The van der Waals surface area contributed by atoms with E-state index in [0.717, 1.165) is 36.1 Å². The molecule has 202 valence electrons. The van der Waals surface area contributed by atoms with Gasteiger partial charge in [0.25, 0.3) is 0 Å². The second-order valence-corrected chi connectivity index (χ2v) is 10.4. The fraction of sp³-hybridized carbons (Fsp3) is 0.321. The average Bonchev–Trinajstić information content (AvgIpc) is 3.73. The highest BCUT2D eigenvalue weighted by Gasteiger charge is 2.34. The summed E-state index contributed by atoms with van der Waals surface area (Å²) in [6, 6.07) is 15.8. The average molecular weight is 549 g/mol. The highest BCUT2D eigenvalue weighted by Crippen LogP contribution is 2.28. The molecule has 2 aromatic heterocycles. The van der Waals surface area contributed by atoms with Crippen LogP contribution in [0.5, 0.6) is 5.75 Å². The van der Waals surface area contributed by atoms with Crippen LogP contribution >= 0.6 is 11.3 Å². The molecule has 1 unspecified atom stereocenters. The van der Waals surface area contributed by atoms with E-state index < -0.39 is 11.9 Å². The van der Waals surface area contributed by atoms with Crippen molar-refractivity contribution in [2.75, 3.05) is 7.11 Å². The third-order valence-electron chi connectivity index (χ3n) is 6.75. The van der Waals surface area contributed by atoms with E-state index in [1.165, 1.54) is 33.2 Å². The summed E-state index contributed by atoms with van der Waals surface area (Å²) >= 11 is 1.49. The number of hydrogen-bond donors (Lipinski definition) is 1. The lowest BCUT2D eigenvalue weighted by Crippen LogP contribution is -2.46. The summed E-state index contributed by atoms with van der Waals surface area (Å²) in [5, 5.41) is 17.6. The van der Waals surface area contributed by atoms with Gasteiger partial charge in [0.1, 0.15) is 24.2 Å². The number of thiophene rings is 1. The van der Waals surface area contributed by atoms with Gasteiger partial charge in [0, 0.05) is 16.5 Å². The molecule has 1 saturated carbocycles. The molecule has 0 radical (unpaired) electrons. The smallest absolute Gasteiger partial charge is 0.247 e. The Labute approximate surface area is 229 Å². The molecule has 1 aliphatic carbocycles. The number of tetrazole rings is 1. The zero-order chi connectivity index (χ0) is 27.2. The largest absolute Gasteiger partial charge is 0.497 e. The first-order chi connectivity index (χ1) is 19.0. The molecular weight excluding hydrogens is 519 g/mol. The van der Waals surface area contributed by atoms with Crippen molar-refractivity contribution in [3.05, 3.63) is 82.3 Å². The zero-order valence-corrected chi connectivity index (χ0v) is 22.3. The van der Waals surface area contributed by atoms with Gasteiger partial charge in [0.2, 0.25) is 17.6 Å². The van der Waals surface area contributed by atoms with E-state index in [2.05, 4.69) is 20.7 Å². The number of amides is 2. The van der Waals surface area contributed by atoms with Crippen LogP contribution in [0.3, 0.4) is 0 Å². The number of hydrogen-bond acceptors (Lipinski definition) is 7. The Kier molecular flexibility index (Phi) is 8.26. The van der Waals surface area contributed by atoms with Crippen LogP contribution in [0, 0.1) is 5.82 Å². The number of nitrogens with zero attached hydrogens (tertiary/aromatic N) is 5. The van der Waals surface area contributed by atoms with Gasteiger partial charge in [-0.05, 0) is 71.5 Å². The van der Waals surface area contributed by atoms with Gasteiger partial charge in [-0.15, -0.1) is 21.5 Å². The molecule has 0 aliphatic heterocycles. The molecule has 4 aromatic rings. The summed E-state index contributed by atoms with van der Waals surface area (Å²) in [7, 11) is 1.59. The van der Waals surface area contributed by atoms with E-state index in [-0.39, 0.29) is 30.9 Å². The minimum atomic E-state index is -0.953. The third kappa shape index (κ3) is 6.48. The van der Waals surface area contributed by atoms with Crippen molar-refractivity contribution in [3.8, 4) is 17.1 Å². The Morgan fingerprint density at radius 1 is 1.13 bits per heavy atom. The van der Waals surface area contributed by atoms with E-state index >= 15 is 0 Å². The van der Waals surface area contributed by atoms with E-state index in [9.17, 15) is 14.0 Å². The normalized spacial score (nSPS) is 14.2. The number of carbonyl (C=O) groups is 2. The summed E-state index contributed by atoms with van der Waals surface area (Å²) in [5.41, 5.74) is 1.26. The number of rotatable bonds is 10. The van der Waals surface area contributed by atoms with Gasteiger partial charge in [0.15, 0.2) is 0 Å². The van der Waals surface area contributed by atoms with Gasteiger partial charge in [0.05, 0.1) is 13.7 Å². The van der Waals surface area contributed by atoms with Crippen molar-refractivity contribution in [1.29, 1.82) is 0 Å². The lowest BCUT2D eigenvalue weighted by atomic mass is 10.0. The molecule has 5 rings (SSSR count). The van der Waals surface area contributed by atoms with Crippen molar-refractivity contribution in [2.45, 2.75) is 50.9 Å². The van der Waals surface area contributed by atoms with E-state index in [1.54, 1.807) is 31.4 Å². The predicted molar refractivity (Wildman–Crippen MR) is 144 cm³/mol. The number of nitrogens with one attached hydrogen (secondary N) is 1. The molecule has 2 aromatic carbocycles. The number of aromatic nitrogens is 4. The SMILES string of the molecule is COc1ccc(-c2nnn(CC(=O)N(Cc3cccs3)C(C(=O)NC3CCCC3)c3ccc(F)cc3)n2)cc1. The summed E-state index contributed by atoms with van der Waals surface area (Å²) in [5.74, 6) is 0.00199. The van der Waals surface area contributed by atoms with Crippen molar-refractivity contribution in [2.24, 2.45) is 0 Å². The molecule has 0 bridgehead atoms. The molecule has 2 amide bonds. The molecule has 11 heteroatoms. The van der Waals surface area contributed by atoms with Crippen LogP contribution in [-0.4, -0.2) is 50.1 Å². The van der Waals surface area contributed by atoms with Crippen molar-refractivity contribution in [1.82, 2.24) is 30.4 Å². The molecule has 1 aliphatic rings. The van der Waals surface area contributed by atoms with E-state index in [4.69, 9.17) is 4.74 Å². The summed E-state index contributed by atoms with van der Waals surface area (Å²) in [6.45, 7) is -0.0143. The summed E-state index contributed by atoms with van der Waals surface area (Å²) < 4.78 is 19.0. The molecule has 1 fully saturated rings. The lowest BCUT2D eigenvalue weighted by Gasteiger charge is -2.32. The number of benzene rings is 2. The first-order valence-electron chi connectivity index (χ1n) is 12.8. The third-order valence-corrected chi connectivity index (χ3v) is 7.61. The van der Waals surface area contributed by atoms with Gasteiger partial charge in [-0.3, -0.25) is 9.59 Å². The first kappa shape index (κ1) is 26.5. The lowest BCUT2D eigenvalue weighted by molar-refractivity contribution is -0.142. The number of carbonyl (C=O) groups excluding carboxylic acids is 2. The number of ether oxygens (including phenoxy) is 1. The molecule has 0 saturated heterocycles. The minimum absolute atomic E-state index is 0.0585. The fourth-order valence-electron chi connectivity index (χ4n) is 4.74. The van der Waals surface area contributed by atoms with Crippen LogP contribution in [0.15, 0.2) is 66.0 Å². The van der Waals surface area contributed by atoms with Crippen LogP contribution in [0.25, 0.3) is 11.4 Å². The maximum Gasteiger partial charge on any atom is 0.247 e. The molecule has 39 heavy (non-hydrogen) atoms. The number of halogens is 1. The van der Waals surface area contributed by atoms with Gasteiger partial charge in [-0.1, -0.05) is 31.0 Å². The number of methoxy groups -OCH3 is 1. The molecule has 2 heterocycles. The maximum atomic E-state index is 13.8. The molecule has 9 nitrogen and oxygen atoms in total. The fourth-order valence-corrected chi connectivity index (χ4v) is 5.44. The maximum absolute atomic E-state index is 13.8. The topological polar surface area (TPSA) is 102 Å². The monoisotopic (exact) mass is 548 g/mol. The van der Waals surface area contributed by atoms with Crippen LogP contribution in [0.1, 0.15) is 42.2 Å². The Hall–Kier alpha value is -4.12. The summed E-state index contributed by atoms with van der Waals surface area (Å²) in [4.78, 5) is 31.2. The zero-order valence-electron chi connectivity index (χ0n) is 21.5. The van der Waals surface area contributed by atoms with Crippen molar-refractivity contribution < 1.29 is 18.7 Å². The van der Waals surface area contributed by atoms with E-state index in [0.29, 0.717) is 17.1 Å². The Morgan fingerprint density at radius 3 is 2.54 bits per heavy atom. The second kappa shape index (κ2) is 12.2. The van der Waals surface area contributed by atoms with Crippen LogP contribution < -0.4 is 10.1 Å². The standard InChI is InChI=1S/C28H29FN6O3S/c1-38-23-14-10-20(11-15-23)27-31-33-35(32-27)18-25(36)34(17-24-7-4-16-39-24)26(19-8-12-21(29)13-9-19)28(37)30-22-5-2-3-6-22/h4,7-16,22,26H,2-3,5-6,17-18H2,1H3,(H,30,37). The highest BCUT2D eigenvalue weighted by atomic mass is 32.1. The quantitative estimate of drug-likeness (QED) is 0.316. The Balaban J connectivity index is 1.43. The van der Waals surface area contributed by atoms with Crippen molar-refractivity contribution >= 4 is 23.2 Å². The van der Waals surface area contributed by atoms with Gasteiger partial charge < -0.3 is 15.0 Å². The first-order valence-corrected chi connectivity index (χ1v) is 13.7. The molecular formula is C28H29FN6O3S. The Morgan fingerprint density at radius 2 is 1.87 bits per heavy atom. The summed E-state index contributed by atoms with van der Waals surface area (Å²) in [6.07, 6.45) is 3.91. The van der Waals surface area contributed by atoms with Crippen LogP contribution in [-0.2, 0) is 22.7 Å². The molecule has 0 spiro atoms. The van der Waals surface area contributed by atoms with Gasteiger partial charge in [-0.25, -0.2) is 4.39 Å². The van der Waals surface area contributed by atoms with Gasteiger partial charge in [-0.2, -0.15) is 4.80 Å². The van der Waals surface area contributed by atoms with Crippen LogP contribution in [0.4, 0.5) is 4.39 Å². The predicted octanol–water partition coefficient (Wildman–Crippen LogP) is 4.38. The highest BCUT2D eigenvalue weighted by molar-refractivity contribution is 7.09. The molecule has 1 atom stereocenters. The Bertz CT molecular complexity index is 1390. The van der Waals surface area contributed by atoms with Crippen molar-refractivity contribution in [3.63, 3.8) is 0 Å². The van der Waals surface area contributed by atoms with Gasteiger partial charge >= 0.3 is 0 Å². The van der Waals surface area contributed by atoms with E-state index in [1.807, 2.05) is 29.6 Å². The second-order valence-electron chi connectivity index (χ2n) is 9.42.